The molecule has 0 aliphatic heterocycles. The van der Waals surface area contributed by atoms with Gasteiger partial charge < -0.3 is 4.42 Å². The summed E-state index contributed by atoms with van der Waals surface area (Å²) in [5.74, 6) is 1.85. The average molecular weight is 626 g/mol. The molecule has 0 saturated carbocycles. The van der Waals surface area contributed by atoms with Crippen molar-refractivity contribution in [3.8, 4) is 45.3 Å². The van der Waals surface area contributed by atoms with Gasteiger partial charge in [0.1, 0.15) is 11.2 Å². The molecule has 0 amide bonds. The summed E-state index contributed by atoms with van der Waals surface area (Å²) in [5, 5.41) is 9.00. The highest BCUT2D eigenvalue weighted by molar-refractivity contribution is 6.23. The van der Waals surface area contributed by atoms with Crippen molar-refractivity contribution in [2.75, 3.05) is 0 Å². The van der Waals surface area contributed by atoms with Crippen molar-refractivity contribution < 1.29 is 4.42 Å². The largest absolute Gasteiger partial charge is 0.455 e. The summed E-state index contributed by atoms with van der Waals surface area (Å²) in [5.41, 5.74) is 6.64. The van der Waals surface area contributed by atoms with Crippen LogP contribution in [-0.2, 0) is 0 Å². The molecule has 10 rings (SSSR count). The van der Waals surface area contributed by atoms with Gasteiger partial charge in [0, 0.05) is 33.0 Å². The van der Waals surface area contributed by atoms with E-state index in [1.165, 1.54) is 16.2 Å². The van der Waals surface area contributed by atoms with Gasteiger partial charge in [-0.2, -0.15) is 0 Å². The Bertz CT molecular complexity index is 2890. The minimum Gasteiger partial charge on any atom is -0.455 e. The maximum atomic E-state index is 6.86. The Kier molecular flexibility index (Phi) is 6.15. The Labute approximate surface area is 282 Å². The van der Waals surface area contributed by atoms with Gasteiger partial charge in [-0.3, -0.25) is 0 Å². The van der Waals surface area contributed by atoms with Crippen molar-refractivity contribution in [2.45, 2.75) is 0 Å². The average Bonchev–Trinajstić information content (AvgIpc) is 3.55. The minimum absolute atomic E-state index is 0.602. The summed E-state index contributed by atoms with van der Waals surface area (Å²) in [4.78, 5) is 15.3. The Morgan fingerprint density at radius 1 is 0.367 bits per heavy atom. The van der Waals surface area contributed by atoms with E-state index in [-0.39, 0.29) is 0 Å². The Balaban J connectivity index is 1.27. The number of aromatic nitrogens is 3. The molecule has 0 atom stereocenters. The van der Waals surface area contributed by atoms with Crippen molar-refractivity contribution in [1.82, 2.24) is 15.0 Å². The van der Waals surface area contributed by atoms with E-state index in [4.69, 9.17) is 19.4 Å². The van der Waals surface area contributed by atoms with E-state index in [2.05, 4.69) is 121 Å². The van der Waals surface area contributed by atoms with E-state index in [1.807, 2.05) is 42.5 Å². The van der Waals surface area contributed by atoms with Crippen molar-refractivity contribution >= 4 is 54.3 Å². The van der Waals surface area contributed by atoms with Gasteiger partial charge >= 0.3 is 0 Å². The van der Waals surface area contributed by atoms with E-state index in [9.17, 15) is 0 Å². The molecule has 0 fully saturated rings. The third-order valence-corrected chi connectivity index (χ3v) is 9.48. The Morgan fingerprint density at radius 3 is 1.86 bits per heavy atom. The minimum atomic E-state index is 0.602. The molecule has 8 aromatic carbocycles. The third kappa shape index (κ3) is 4.49. The van der Waals surface area contributed by atoms with Crippen LogP contribution in [0.15, 0.2) is 168 Å². The zero-order valence-corrected chi connectivity index (χ0v) is 26.3. The van der Waals surface area contributed by atoms with Crippen LogP contribution in [0.25, 0.3) is 99.5 Å². The topological polar surface area (TPSA) is 51.8 Å². The van der Waals surface area contributed by atoms with Crippen molar-refractivity contribution in [1.29, 1.82) is 0 Å². The molecule has 228 valence electrons. The fraction of sp³-hybridized carbons (Fsp3) is 0. The molecule has 49 heavy (non-hydrogen) atoms. The number of hydrogen-bond acceptors (Lipinski definition) is 4. The maximum absolute atomic E-state index is 6.86. The highest BCUT2D eigenvalue weighted by atomic mass is 16.3. The van der Waals surface area contributed by atoms with Crippen LogP contribution in [0.1, 0.15) is 0 Å². The van der Waals surface area contributed by atoms with Gasteiger partial charge in [0.2, 0.25) is 0 Å². The third-order valence-electron chi connectivity index (χ3n) is 9.48. The first-order valence-electron chi connectivity index (χ1n) is 16.4. The molecule has 2 heterocycles. The molecule has 0 N–H and O–H groups in total. The van der Waals surface area contributed by atoms with E-state index in [1.54, 1.807) is 0 Å². The zero-order chi connectivity index (χ0) is 32.3. The van der Waals surface area contributed by atoms with Crippen LogP contribution in [0.3, 0.4) is 0 Å². The summed E-state index contributed by atoms with van der Waals surface area (Å²) in [7, 11) is 0. The second kappa shape index (κ2) is 11.0. The standard InChI is InChI=1S/C45H27N3O/c1-2-14-30(15-3-1)43-46-44(33-25-24-28-12-4-5-16-31(28)26-33)48-45(47-43)37-22-11-23-39-40(37)38-27-32-17-7-9-20-35(32)41(42(38)49-39)36-21-10-18-29-13-6-8-19-34(29)36/h1-27H. The van der Waals surface area contributed by atoms with Crippen LogP contribution in [0, 0.1) is 0 Å². The number of nitrogens with zero attached hydrogens (tertiary/aromatic N) is 3. The van der Waals surface area contributed by atoms with E-state index in [0.29, 0.717) is 17.5 Å². The molecule has 0 bridgehead atoms. The molecule has 0 unspecified atom stereocenters. The second-order valence-corrected chi connectivity index (χ2v) is 12.4. The van der Waals surface area contributed by atoms with Crippen LogP contribution >= 0.6 is 0 Å². The van der Waals surface area contributed by atoms with Crippen molar-refractivity contribution in [3.05, 3.63) is 164 Å². The van der Waals surface area contributed by atoms with Crippen LogP contribution < -0.4 is 0 Å². The summed E-state index contributed by atoms with van der Waals surface area (Å²) >= 11 is 0. The van der Waals surface area contributed by atoms with Gasteiger partial charge in [-0.1, -0.05) is 146 Å². The molecule has 4 heteroatoms. The van der Waals surface area contributed by atoms with E-state index >= 15 is 0 Å². The van der Waals surface area contributed by atoms with Crippen LogP contribution in [0.2, 0.25) is 0 Å². The molecular formula is C45H27N3O. The van der Waals surface area contributed by atoms with Gasteiger partial charge in [-0.05, 0) is 56.1 Å². The van der Waals surface area contributed by atoms with Crippen molar-refractivity contribution in [2.24, 2.45) is 0 Å². The lowest BCUT2D eigenvalue weighted by Gasteiger charge is -2.12. The van der Waals surface area contributed by atoms with E-state index in [0.717, 1.165) is 65.9 Å². The van der Waals surface area contributed by atoms with Gasteiger partial charge in [-0.25, -0.2) is 15.0 Å². The number of rotatable bonds is 4. The Morgan fingerprint density at radius 2 is 1.00 bits per heavy atom. The zero-order valence-electron chi connectivity index (χ0n) is 26.3. The van der Waals surface area contributed by atoms with Gasteiger partial charge in [0.25, 0.3) is 0 Å². The predicted octanol–water partition coefficient (Wildman–Crippen LogP) is 11.9. The SMILES string of the molecule is c1ccc(-c2nc(-c3ccc4ccccc4c3)nc(-c3cccc4oc5c(-c6cccc7ccccc67)c6ccccc6cc5c34)n2)cc1. The van der Waals surface area contributed by atoms with Crippen LogP contribution in [-0.4, -0.2) is 15.0 Å². The Hall–Kier alpha value is -6.65. The molecule has 0 saturated heterocycles. The number of hydrogen-bond donors (Lipinski definition) is 0. The summed E-state index contributed by atoms with van der Waals surface area (Å²) in [6, 6.07) is 56.8. The monoisotopic (exact) mass is 625 g/mol. The fourth-order valence-electron chi connectivity index (χ4n) is 7.19. The lowest BCUT2D eigenvalue weighted by atomic mass is 9.91. The first-order valence-corrected chi connectivity index (χ1v) is 16.4. The highest BCUT2D eigenvalue weighted by Crippen LogP contribution is 2.45. The summed E-state index contributed by atoms with van der Waals surface area (Å²) in [6.45, 7) is 0. The number of furan rings is 1. The smallest absolute Gasteiger partial charge is 0.164 e. The van der Waals surface area contributed by atoms with Crippen LogP contribution in [0.4, 0.5) is 0 Å². The number of benzene rings is 8. The van der Waals surface area contributed by atoms with Crippen molar-refractivity contribution in [3.63, 3.8) is 0 Å². The maximum Gasteiger partial charge on any atom is 0.164 e. The lowest BCUT2D eigenvalue weighted by Crippen LogP contribution is -2.00. The molecular weight excluding hydrogens is 599 g/mol. The van der Waals surface area contributed by atoms with Gasteiger partial charge in [0.15, 0.2) is 17.5 Å². The summed E-state index contributed by atoms with van der Waals surface area (Å²) < 4.78 is 6.86. The normalized spacial score (nSPS) is 11.7. The second-order valence-electron chi connectivity index (χ2n) is 12.4. The first-order chi connectivity index (χ1) is 24.3. The number of fused-ring (bicyclic) bond motifs is 6. The molecule has 0 spiro atoms. The molecule has 4 nitrogen and oxygen atoms in total. The lowest BCUT2D eigenvalue weighted by molar-refractivity contribution is 0.670. The fourth-order valence-corrected chi connectivity index (χ4v) is 7.19. The van der Waals surface area contributed by atoms with Gasteiger partial charge in [-0.15, -0.1) is 0 Å². The van der Waals surface area contributed by atoms with E-state index < -0.39 is 0 Å². The predicted molar refractivity (Wildman–Crippen MR) is 201 cm³/mol. The quantitative estimate of drug-likeness (QED) is 0.195. The molecule has 2 aromatic heterocycles. The van der Waals surface area contributed by atoms with Gasteiger partial charge in [0.05, 0.1) is 0 Å². The summed E-state index contributed by atoms with van der Waals surface area (Å²) in [6.07, 6.45) is 0. The molecule has 10 aromatic rings. The molecule has 0 radical (unpaired) electrons. The molecule has 0 aliphatic rings. The highest BCUT2D eigenvalue weighted by Gasteiger charge is 2.22. The van der Waals surface area contributed by atoms with Crippen LogP contribution in [0.5, 0.6) is 0 Å². The molecule has 0 aliphatic carbocycles. The first kappa shape index (κ1) is 27.5.